The lowest BCUT2D eigenvalue weighted by atomic mass is 9.93. The van der Waals surface area contributed by atoms with E-state index < -0.39 is 10.0 Å². The van der Waals surface area contributed by atoms with Crippen LogP contribution >= 0.6 is 23.2 Å². The summed E-state index contributed by atoms with van der Waals surface area (Å²) < 4.78 is 26.8. The number of aliphatic hydroxyl groups excluding tert-OH is 1. The number of hydrogen-bond acceptors (Lipinski definition) is 4. The molecule has 1 fully saturated rings. The number of rotatable bonds is 7. The number of likely N-dealkylation sites (tertiary alicyclic amines) is 1. The Bertz CT molecular complexity index is 1130. The topological polar surface area (TPSA) is 60.9 Å². The van der Waals surface area contributed by atoms with Crippen LogP contribution in [0.4, 0.5) is 5.69 Å². The number of halogens is 2. The molecule has 0 atom stereocenters. The van der Waals surface area contributed by atoms with Gasteiger partial charge in [0.25, 0.3) is 0 Å². The summed E-state index contributed by atoms with van der Waals surface area (Å²) in [4.78, 5) is 2.24. The third kappa shape index (κ3) is 4.95. The van der Waals surface area contributed by atoms with Gasteiger partial charge in [0, 0.05) is 23.1 Å². The van der Waals surface area contributed by atoms with Gasteiger partial charge in [-0.25, -0.2) is 8.42 Å². The van der Waals surface area contributed by atoms with Crippen LogP contribution < -0.4 is 4.31 Å². The van der Waals surface area contributed by atoms with Crippen LogP contribution in [0.2, 0.25) is 10.0 Å². The zero-order valence-corrected chi connectivity index (χ0v) is 19.9. The predicted molar refractivity (Wildman–Crippen MR) is 130 cm³/mol. The zero-order chi connectivity index (χ0) is 22.9. The van der Waals surface area contributed by atoms with Crippen molar-refractivity contribution in [1.29, 1.82) is 0 Å². The van der Waals surface area contributed by atoms with Crippen molar-refractivity contribution >= 4 is 38.9 Å². The average molecular weight is 491 g/mol. The largest absolute Gasteiger partial charge is 0.392 e. The van der Waals surface area contributed by atoms with E-state index in [2.05, 4.69) is 4.90 Å². The van der Waals surface area contributed by atoms with E-state index in [0.717, 1.165) is 11.1 Å². The van der Waals surface area contributed by atoms with Gasteiger partial charge in [-0.2, -0.15) is 0 Å². The number of benzene rings is 3. The summed E-state index contributed by atoms with van der Waals surface area (Å²) in [5, 5.41) is 10.8. The predicted octanol–water partition coefficient (Wildman–Crippen LogP) is 4.73. The molecule has 0 aromatic heterocycles. The van der Waals surface area contributed by atoms with E-state index in [1.807, 2.05) is 48.5 Å². The molecule has 5 nitrogen and oxygen atoms in total. The van der Waals surface area contributed by atoms with E-state index in [4.69, 9.17) is 23.2 Å². The lowest BCUT2D eigenvalue weighted by molar-refractivity contribution is 0.116. The molecule has 1 N–H and O–H groups in total. The summed E-state index contributed by atoms with van der Waals surface area (Å²) in [7, 11) is -3.50. The zero-order valence-electron chi connectivity index (χ0n) is 17.5. The molecule has 1 aliphatic rings. The molecule has 3 aromatic rings. The number of anilines is 1. The molecule has 1 aliphatic heterocycles. The maximum absolute atomic E-state index is 12.7. The number of nitrogens with zero attached hydrogens (tertiary/aromatic N) is 2. The van der Waals surface area contributed by atoms with E-state index >= 15 is 0 Å². The Morgan fingerprint density at radius 2 is 1.50 bits per heavy atom. The van der Waals surface area contributed by atoms with Crippen molar-refractivity contribution in [2.45, 2.75) is 18.7 Å². The van der Waals surface area contributed by atoms with Gasteiger partial charge in [0.15, 0.2) is 0 Å². The minimum atomic E-state index is -3.50. The molecule has 1 saturated heterocycles. The van der Waals surface area contributed by atoms with Gasteiger partial charge in [-0.05, 0) is 53.1 Å². The van der Waals surface area contributed by atoms with Crippen LogP contribution in [-0.4, -0.2) is 43.8 Å². The smallest absolute Gasteiger partial charge is 0.232 e. The molecule has 0 amide bonds. The minimum Gasteiger partial charge on any atom is -0.392 e. The second-order valence-corrected chi connectivity index (χ2v) is 10.7. The van der Waals surface area contributed by atoms with Crippen LogP contribution in [-0.2, 0) is 16.6 Å². The maximum atomic E-state index is 12.7. The summed E-state index contributed by atoms with van der Waals surface area (Å²) in [5.41, 5.74) is 3.39. The molecule has 32 heavy (non-hydrogen) atoms. The van der Waals surface area contributed by atoms with E-state index in [9.17, 15) is 13.5 Å². The fourth-order valence-corrected chi connectivity index (χ4v) is 5.64. The fourth-order valence-electron chi connectivity index (χ4n) is 4.22. The van der Waals surface area contributed by atoms with Crippen molar-refractivity contribution in [3.63, 3.8) is 0 Å². The van der Waals surface area contributed by atoms with Crippen LogP contribution in [0.1, 0.15) is 22.7 Å². The highest BCUT2D eigenvalue weighted by Crippen LogP contribution is 2.36. The minimum absolute atomic E-state index is 0.0500. The lowest BCUT2D eigenvalue weighted by Gasteiger charge is -2.48. The highest BCUT2D eigenvalue weighted by molar-refractivity contribution is 7.92. The Balaban J connectivity index is 1.63. The summed E-state index contributed by atoms with van der Waals surface area (Å²) in [6.45, 7) is 0.982. The number of sulfonamides is 1. The van der Waals surface area contributed by atoms with E-state index in [1.165, 1.54) is 10.6 Å². The Morgan fingerprint density at radius 1 is 0.969 bits per heavy atom. The summed E-state index contributed by atoms with van der Waals surface area (Å²) in [6.07, 6.45) is 1.22. The van der Waals surface area contributed by atoms with Crippen LogP contribution in [0.15, 0.2) is 72.8 Å². The van der Waals surface area contributed by atoms with E-state index in [-0.39, 0.29) is 18.7 Å². The average Bonchev–Trinajstić information content (AvgIpc) is 2.73. The van der Waals surface area contributed by atoms with Gasteiger partial charge in [-0.15, -0.1) is 0 Å². The molecular formula is C24H24Cl2N2O3S. The van der Waals surface area contributed by atoms with Crippen molar-refractivity contribution < 1.29 is 13.5 Å². The standard InChI is InChI=1S/C24H24Cl2N2O3S/c1-32(30,31)28(22-4-2-3-17(13-22)16-29)23-14-27(15-23)24(18-5-9-20(25)10-6-18)19-7-11-21(26)12-8-19/h2-13,23-24,29H,14-16H2,1H3. The molecular weight excluding hydrogens is 467 g/mol. The highest BCUT2D eigenvalue weighted by atomic mass is 35.5. The molecule has 0 spiro atoms. The van der Waals surface area contributed by atoms with Gasteiger partial charge in [-0.1, -0.05) is 59.6 Å². The van der Waals surface area contributed by atoms with Crippen molar-refractivity contribution in [3.05, 3.63) is 99.5 Å². The van der Waals surface area contributed by atoms with Gasteiger partial charge in [0.2, 0.25) is 10.0 Å². The van der Waals surface area contributed by atoms with Gasteiger partial charge in [0.1, 0.15) is 0 Å². The first-order chi connectivity index (χ1) is 15.3. The molecule has 0 aliphatic carbocycles. The van der Waals surface area contributed by atoms with Crippen LogP contribution in [0.3, 0.4) is 0 Å². The van der Waals surface area contributed by atoms with Crippen LogP contribution in [0.5, 0.6) is 0 Å². The maximum Gasteiger partial charge on any atom is 0.232 e. The molecule has 4 rings (SSSR count). The molecule has 0 radical (unpaired) electrons. The van der Waals surface area contributed by atoms with Crippen molar-refractivity contribution in [1.82, 2.24) is 4.90 Å². The Kier molecular flexibility index (Phi) is 6.79. The normalized spacial score (nSPS) is 15.0. The summed E-state index contributed by atoms with van der Waals surface area (Å²) in [6, 6.07) is 22.2. The molecule has 168 valence electrons. The van der Waals surface area contributed by atoms with Crippen molar-refractivity contribution in [2.24, 2.45) is 0 Å². The Hall–Kier alpha value is -2.09. The lowest BCUT2D eigenvalue weighted by Crippen LogP contribution is -2.61. The molecule has 0 bridgehead atoms. The first-order valence-corrected chi connectivity index (χ1v) is 12.8. The van der Waals surface area contributed by atoms with Crippen LogP contribution in [0, 0.1) is 0 Å². The third-order valence-electron chi connectivity index (χ3n) is 5.66. The summed E-state index contributed by atoms with van der Waals surface area (Å²) in [5.74, 6) is 0. The summed E-state index contributed by atoms with van der Waals surface area (Å²) >= 11 is 12.2. The molecule has 0 unspecified atom stereocenters. The monoisotopic (exact) mass is 490 g/mol. The number of hydrogen-bond donors (Lipinski definition) is 1. The second-order valence-electron chi connectivity index (χ2n) is 8.00. The van der Waals surface area contributed by atoms with E-state index in [1.54, 1.807) is 24.3 Å². The van der Waals surface area contributed by atoms with Gasteiger partial charge in [0.05, 0.1) is 30.6 Å². The first kappa shape index (κ1) is 23.1. The molecule has 1 heterocycles. The Morgan fingerprint density at radius 3 is 1.97 bits per heavy atom. The third-order valence-corrected chi connectivity index (χ3v) is 7.39. The van der Waals surface area contributed by atoms with Gasteiger partial charge in [-0.3, -0.25) is 9.21 Å². The molecule has 8 heteroatoms. The SMILES string of the molecule is CS(=O)(=O)N(c1cccc(CO)c1)C1CN(C(c2ccc(Cl)cc2)c2ccc(Cl)cc2)C1. The van der Waals surface area contributed by atoms with E-state index in [0.29, 0.717) is 34.4 Å². The second kappa shape index (κ2) is 9.41. The number of aliphatic hydroxyl groups is 1. The highest BCUT2D eigenvalue weighted by Gasteiger charge is 2.40. The molecule has 0 saturated carbocycles. The first-order valence-electron chi connectivity index (χ1n) is 10.2. The van der Waals surface area contributed by atoms with Crippen molar-refractivity contribution in [3.8, 4) is 0 Å². The van der Waals surface area contributed by atoms with Gasteiger partial charge >= 0.3 is 0 Å². The molecule has 3 aromatic carbocycles. The Labute approximate surface area is 198 Å². The van der Waals surface area contributed by atoms with Crippen LogP contribution in [0.25, 0.3) is 0 Å². The van der Waals surface area contributed by atoms with Gasteiger partial charge < -0.3 is 5.11 Å². The van der Waals surface area contributed by atoms with Crippen molar-refractivity contribution in [2.75, 3.05) is 23.7 Å². The quantitative estimate of drug-likeness (QED) is 0.520. The fraction of sp³-hybridized carbons (Fsp3) is 0.250.